The normalized spacial score (nSPS) is 23.8. The van der Waals surface area contributed by atoms with Gasteiger partial charge in [-0.1, -0.05) is 35.4 Å². The molecule has 4 nitrogen and oxygen atoms in total. The molecule has 1 unspecified atom stereocenters. The van der Waals surface area contributed by atoms with Crippen molar-refractivity contribution in [1.82, 2.24) is 4.67 Å². The van der Waals surface area contributed by atoms with E-state index in [2.05, 4.69) is 52.3 Å². The van der Waals surface area contributed by atoms with Gasteiger partial charge in [0.15, 0.2) is 0 Å². The molecule has 0 amide bonds. The van der Waals surface area contributed by atoms with Gasteiger partial charge < -0.3 is 9.05 Å². The number of nitriles is 1. The lowest BCUT2D eigenvalue weighted by Gasteiger charge is -2.38. The SMILES string of the molecule is CC[C@H]1SS[C@H](CC)C1OP(OCCC#N)N(C(C)C)C(C)C. The van der Waals surface area contributed by atoms with Gasteiger partial charge in [0, 0.05) is 22.6 Å². The van der Waals surface area contributed by atoms with Gasteiger partial charge in [-0.3, -0.25) is 0 Å². The summed E-state index contributed by atoms with van der Waals surface area (Å²) in [5.74, 6) is 0. The van der Waals surface area contributed by atoms with E-state index in [0.29, 0.717) is 35.6 Å². The highest BCUT2D eigenvalue weighted by atomic mass is 33.1. The summed E-state index contributed by atoms with van der Waals surface area (Å²) in [4.78, 5) is 0. The van der Waals surface area contributed by atoms with Crippen LogP contribution in [0.1, 0.15) is 60.8 Å². The quantitative estimate of drug-likeness (QED) is 0.280. The van der Waals surface area contributed by atoms with Crippen LogP contribution in [0, 0.1) is 11.3 Å². The number of hydrogen-bond acceptors (Lipinski definition) is 6. The second-order valence-electron chi connectivity index (χ2n) is 6.20. The predicted molar refractivity (Wildman–Crippen MR) is 103 cm³/mol. The topological polar surface area (TPSA) is 45.5 Å². The Morgan fingerprint density at radius 1 is 1.09 bits per heavy atom. The van der Waals surface area contributed by atoms with Crippen LogP contribution in [0.25, 0.3) is 0 Å². The second-order valence-corrected chi connectivity index (χ2v) is 10.4. The largest absolute Gasteiger partial charge is 0.321 e. The van der Waals surface area contributed by atoms with Crippen molar-refractivity contribution in [2.75, 3.05) is 6.61 Å². The maximum atomic E-state index is 8.80. The molecule has 1 aliphatic rings. The zero-order chi connectivity index (χ0) is 17.4. The smallest absolute Gasteiger partial charge is 0.259 e. The van der Waals surface area contributed by atoms with Crippen LogP contribution < -0.4 is 0 Å². The Morgan fingerprint density at radius 2 is 1.61 bits per heavy atom. The summed E-state index contributed by atoms with van der Waals surface area (Å²) in [6, 6.07) is 2.86. The van der Waals surface area contributed by atoms with Crippen molar-refractivity contribution in [3.8, 4) is 6.07 Å². The Bertz CT molecular complexity index is 360. The van der Waals surface area contributed by atoms with Gasteiger partial charge in [0.2, 0.25) is 0 Å². The zero-order valence-corrected chi connectivity index (χ0v) is 17.7. The van der Waals surface area contributed by atoms with Gasteiger partial charge in [0.05, 0.1) is 25.2 Å². The molecule has 0 N–H and O–H groups in total. The summed E-state index contributed by atoms with van der Waals surface area (Å²) in [6.45, 7) is 13.6. The molecule has 3 atom stereocenters. The van der Waals surface area contributed by atoms with Gasteiger partial charge in [-0.05, 0) is 40.5 Å². The third-order valence-corrected chi connectivity index (χ3v) is 9.47. The minimum atomic E-state index is -1.13. The molecule has 0 radical (unpaired) electrons. The van der Waals surface area contributed by atoms with Crippen LogP contribution >= 0.6 is 30.1 Å². The first-order chi connectivity index (χ1) is 11.0. The van der Waals surface area contributed by atoms with Crippen LogP contribution in [0.15, 0.2) is 0 Å². The van der Waals surface area contributed by atoms with E-state index in [4.69, 9.17) is 14.3 Å². The van der Waals surface area contributed by atoms with Crippen LogP contribution in [-0.2, 0) is 9.05 Å². The van der Waals surface area contributed by atoms with Crippen molar-refractivity contribution in [3.63, 3.8) is 0 Å². The molecule has 1 saturated heterocycles. The minimum absolute atomic E-state index is 0.230. The van der Waals surface area contributed by atoms with E-state index < -0.39 is 8.53 Å². The molecule has 0 saturated carbocycles. The molecule has 23 heavy (non-hydrogen) atoms. The van der Waals surface area contributed by atoms with E-state index >= 15 is 0 Å². The second kappa shape index (κ2) is 11.2. The van der Waals surface area contributed by atoms with Crippen LogP contribution in [0.2, 0.25) is 0 Å². The van der Waals surface area contributed by atoms with Crippen LogP contribution in [0.3, 0.4) is 0 Å². The molecule has 1 aliphatic heterocycles. The summed E-state index contributed by atoms with van der Waals surface area (Å²) in [5, 5.41) is 9.84. The first-order valence-corrected chi connectivity index (χ1v) is 11.9. The minimum Gasteiger partial charge on any atom is -0.321 e. The third kappa shape index (κ3) is 6.38. The van der Waals surface area contributed by atoms with Crippen LogP contribution in [0.5, 0.6) is 0 Å². The van der Waals surface area contributed by atoms with Crippen LogP contribution in [0.4, 0.5) is 0 Å². The summed E-state index contributed by atoms with van der Waals surface area (Å²) >= 11 is 0. The first kappa shape index (κ1) is 21.5. The van der Waals surface area contributed by atoms with Crippen molar-refractivity contribution in [2.24, 2.45) is 0 Å². The molecule has 134 valence electrons. The Morgan fingerprint density at radius 3 is 2.00 bits per heavy atom. The molecule has 0 aromatic rings. The Kier molecular flexibility index (Phi) is 10.5. The van der Waals surface area contributed by atoms with Gasteiger partial charge in [0.1, 0.15) is 0 Å². The maximum absolute atomic E-state index is 8.80. The van der Waals surface area contributed by atoms with Crippen molar-refractivity contribution < 1.29 is 9.05 Å². The lowest BCUT2D eigenvalue weighted by molar-refractivity contribution is 0.128. The lowest BCUT2D eigenvalue weighted by Crippen LogP contribution is -2.37. The van der Waals surface area contributed by atoms with Gasteiger partial charge in [0.25, 0.3) is 8.53 Å². The Hall–Kier alpha value is 0.500. The zero-order valence-electron chi connectivity index (χ0n) is 15.2. The molecular formula is C16H31N2O2PS2. The highest BCUT2D eigenvalue weighted by Crippen LogP contribution is 2.55. The van der Waals surface area contributed by atoms with Crippen LogP contribution in [-0.4, -0.2) is 40.0 Å². The van der Waals surface area contributed by atoms with E-state index in [1.54, 1.807) is 0 Å². The van der Waals surface area contributed by atoms with E-state index in [1.165, 1.54) is 0 Å². The molecule has 1 rings (SSSR count). The molecule has 7 heteroatoms. The Balaban J connectivity index is 2.87. The number of hydrogen-bond donors (Lipinski definition) is 0. The van der Waals surface area contributed by atoms with Gasteiger partial charge >= 0.3 is 0 Å². The van der Waals surface area contributed by atoms with Crippen molar-refractivity contribution in [2.45, 2.75) is 89.5 Å². The monoisotopic (exact) mass is 378 g/mol. The van der Waals surface area contributed by atoms with E-state index in [9.17, 15) is 0 Å². The molecule has 0 aromatic carbocycles. The van der Waals surface area contributed by atoms with Crippen molar-refractivity contribution >= 4 is 30.1 Å². The molecule has 0 spiro atoms. The fourth-order valence-electron chi connectivity index (χ4n) is 2.63. The van der Waals surface area contributed by atoms with Gasteiger partial charge in [-0.2, -0.15) is 5.26 Å². The predicted octanol–water partition coefficient (Wildman–Crippen LogP) is 5.60. The molecule has 1 heterocycles. The molecule has 0 bridgehead atoms. The summed E-state index contributed by atoms with van der Waals surface area (Å²) in [6.07, 6.45) is 2.87. The van der Waals surface area contributed by atoms with Crippen molar-refractivity contribution in [1.29, 1.82) is 5.26 Å². The fourth-order valence-corrected chi connectivity index (χ4v) is 8.29. The molecule has 0 aliphatic carbocycles. The van der Waals surface area contributed by atoms with E-state index in [1.807, 2.05) is 21.6 Å². The van der Waals surface area contributed by atoms with Gasteiger partial charge in [-0.15, -0.1) is 0 Å². The highest BCUT2D eigenvalue weighted by molar-refractivity contribution is 8.77. The Labute approximate surface area is 151 Å². The molecule has 0 aromatic heterocycles. The third-order valence-electron chi connectivity index (χ3n) is 3.71. The van der Waals surface area contributed by atoms with E-state index in [0.717, 1.165) is 12.8 Å². The average Bonchev–Trinajstić information content (AvgIpc) is 2.88. The summed E-state index contributed by atoms with van der Waals surface area (Å²) < 4.78 is 14.9. The molecule has 1 fully saturated rings. The number of rotatable bonds is 10. The fraction of sp³-hybridized carbons (Fsp3) is 0.938. The summed E-state index contributed by atoms with van der Waals surface area (Å²) in [7, 11) is 2.78. The maximum Gasteiger partial charge on any atom is 0.259 e. The van der Waals surface area contributed by atoms with Gasteiger partial charge in [-0.25, -0.2) is 4.67 Å². The van der Waals surface area contributed by atoms with E-state index in [-0.39, 0.29) is 6.10 Å². The summed E-state index contributed by atoms with van der Waals surface area (Å²) in [5.41, 5.74) is 0. The van der Waals surface area contributed by atoms with Crippen molar-refractivity contribution in [3.05, 3.63) is 0 Å². The number of nitrogens with zero attached hydrogens (tertiary/aromatic N) is 2. The lowest BCUT2D eigenvalue weighted by atomic mass is 10.1. The molecular weight excluding hydrogens is 347 g/mol. The standard InChI is InChI=1S/C16H31N2O2PS2/c1-7-14-16(15(8-2)23-22-14)20-21(19-11-9-10-17)18(12(3)4)13(5)6/h12-16H,7-9,11H2,1-6H3/t14-,15-,21?/m1/s1. The highest BCUT2D eigenvalue weighted by Gasteiger charge is 2.41. The average molecular weight is 379 g/mol. The first-order valence-electron chi connectivity index (χ1n) is 8.53.